The van der Waals surface area contributed by atoms with Gasteiger partial charge in [0.2, 0.25) is 0 Å². The molecule has 0 fully saturated rings. The van der Waals surface area contributed by atoms with E-state index in [1.807, 2.05) is 0 Å². The number of aliphatic hydroxyl groups excluding tert-OH is 1. The Labute approximate surface area is 64.5 Å². The lowest BCUT2D eigenvalue weighted by atomic mass is 10.2. The van der Waals surface area contributed by atoms with E-state index >= 15 is 0 Å². The van der Waals surface area contributed by atoms with E-state index in [-0.39, 0.29) is 6.61 Å². The van der Waals surface area contributed by atoms with Gasteiger partial charge in [-0.1, -0.05) is 17.9 Å². The minimum atomic E-state index is -0.435. The van der Waals surface area contributed by atoms with Crippen LogP contribution in [0.5, 0.6) is 0 Å². The normalized spacial score (nSPS) is 8.55. The van der Waals surface area contributed by atoms with Gasteiger partial charge in [0.15, 0.2) is 0 Å². The van der Waals surface area contributed by atoms with Crippen LogP contribution in [0.2, 0.25) is 0 Å². The second kappa shape index (κ2) is 3.75. The van der Waals surface area contributed by atoms with Gasteiger partial charge in [-0.25, -0.2) is 4.39 Å². The van der Waals surface area contributed by atoms with Gasteiger partial charge >= 0.3 is 0 Å². The van der Waals surface area contributed by atoms with Gasteiger partial charge in [0, 0.05) is 11.6 Å². The molecular weight excluding hydrogens is 143 g/mol. The van der Waals surface area contributed by atoms with Crippen LogP contribution in [0.25, 0.3) is 0 Å². The molecule has 0 aliphatic rings. The quantitative estimate of drug-likeness (QED) is 0.545. The van der Waals surface area contributed by atoms with E-state index < -0.39 is 5.82 Å². The molecule has 0 unspecified atom stereocenters. The maximum Gasteiger partial charge on any atom is 0.132 e. The lowest BCUT2D eigenvalue weighted by Gasteiger charge is -1.87. The molecule has 0 spiro atoms. The third-order valence-corrected chi connectivity index (χ3v) is 1.08. The molecule has 11 heavy (non-hydrogen) atoms. The van der Waals surface area contributed by atoms with E-state index in [1.54, 1.807) is 6.07 Å². The highest BCUT2D eigenvalue weighted by Gasteiger charge is 1.89. The van der Waals surface area contributed by atoms with Crippen molar-refractivity contribution in [2.45, 2.75) is 0 Å². The molecular formula is C9H6FO. The fourth-order valence-corrected chi connectivity index (χ4v) is 0.657. The SMILES string of the molecule is OCC#Cc1cc[c]c(F)c1. The summed E-state index contributed by atoms with van der Waals surface area (Å²) in [6.07, 6.45) is 0. The summed E-state index contributed by atoms with van der Waals surface area (Å²) in [6.45, 7) is -0.208. The molecule has 0 atom stereocenters. The fraction of sp³-hybridized carbons (Fsp3) is 0.111. The summed E-state index contributed by atoms with van der Waals surface area (Å²) in [6, 6.07) is 6.70. The van der Waals surface area contributed by atoms with Gasteiger partial charge in [-0.15, -0.1) is 0 Å². The maximum absolute atomic E-state index is 12.4. The Balaban J connectivity index is 2.87. The van der Waals surface area contributed by atoms with Crippen molar-refractivity contribution in [3.8, 4) is 11.8 Å². The molecule has 1 radical (unpaired) electrons. The summed E-state index contributed by atoms with van der Waals surface area (Å²) in [5.41, 5.74) is 0.551. The second-order valence-corrected chi connectivity index (χ2v) is 1.89. The lowest BCUT2D eigenvalue weighted by Crippen LogP contribution is -1.78. The van der Waals surface area contributed by atoms with Crippen LogP contribution in [0.3, 0.4) is 0 Å². The van der Waals surface area contributed by atoms with Gasteiger partial charge < -0.3 is 5.11 Å². The number of aliphatic hydroxyl groups is 1. The Morgan fingerprint density at radius 2 is 2.45 bits per heavy atom. The van der Waals surface area contributed by atoms with E-state index in [0.717, 1.165) is 0 Å². The zero-order valence-electron chi connectivity index (χ0n) is 5.76. The lowest BCUT2D eigenvalue weighted by molar-refractivity contribution is 0.350. The topological polar surface area (TPSA) is 20.2 Å². The molecule has 0 aromatic heterocycles. The largest absolute Gasteiger partial charge is 0.384 e. The first-order valence-corrected chi connectivity index (χ1v) is 3.10. The first kappa shape index (κ1) is 7.77. The zero-order chi connectivity index (χ0) is 8.10. The summed E-state index contributed by atoms with van der Waals surface area (Å²) in [4.78, 5) is 0. The van der Waals surface area contributed by atoms with Gasteiger partial charge in [-0.05, 0) is 12.1 Å². The third kappa shape index (κ3) is 2.40. The van der Waals surface area contributed by atoms with Crippen LogP contribution in [-0.4, -0.2) is 11.7 Å². The van der Waals surface area contributed by atoms with Crippen molar-refractivity contribution in [2.24, 2.45) is 0 Å². The van der Waals surface area contributed by atoms with E-state index in [2.05, 4.69) is 17.9 Å². The summed E-state index contributed by atoms with van der Waals surface area (Å²) < 4.78 is 12.4. The molecule has 1 N–H and O–H groups in total. The molecule has 1 nitrogen and oxygen atoms in total. The van der Waals surface area contributed by atoms with E-state index in [9.17, 15) is 4.39 Å². The van der Waals surface area contributed by atoms with Crippen LogP contribution in [0.15, 0.2) is 18.2 Å². The van der Waals surface area contributed by atoms with E-state index in [0.29, 0.717) is 5.56 Å². The minimum absolute atomic E-state index is 0.208. The smallest absolute Gasteiger partial charge is 0.132 e. The van der Waals surface area contributed by atoms with Gasteiger partial charge in [0.25, 0.3) is 0 Å². The molecule has 1 rings (SSSR count). The molecule has 0 saturated heterocycles. The molecule has 0 bridgehead atoms. The summed E-state index contributed by atoms with van der Waals surface area (Å²) in [5.74, 6) is 4.56. The van der Waals surface area contributed by atoms with Crippen LogP contribution < -0.4 is 0 Å². The van der Waals surface area contributed by atoms with Crippen LogP contribution in [-0.2, 0) is 0 Å². The van der Waals surface area contributed by atoms with Gasteiger partial charge in [-0.3, -0.25) is 0 Å². The monoisotopic (exact) mass is 149 g/mol. The predicted molar refractivity (Wildman–Crippen MR) is 39.2 cm³/mol. The standard InChI is InChI=1S/C9H6FO/c10-9-5-1-3-8(7-9)4-2-6-11/h1,3,7,11H,6H2. The van der Waals surface area contributed by atoms with Crippen molar-refractivity contribution in [3.05, 3.63) is 35.6 Å². The Bertz CT molecular complexity index is 296. The van der Waals surface area contributed by atoms with Crippen molar-refractivity contribution in [1.82, 2.24) is 0 Å². The van der Waals surface area contributed by atoms with Crippen molar-refractivity contribution in [3.63, 3.8) is 0 Å². The summed E-state index contributed by atoms with van der Waals surface area (Å²) in [7, 11) is 0. The number of halogens is 1. The minimum Gasteiger partial charge on any atom is -0.384 e. The molecule has 0 saturated carbocycles. The molecule has 0 heterocycles. The van der Waals surface area contributed by atoms with Crippen LogP contribution in [0.1, 0.15) is 5.56 Å². The Hall–Kier alpha value is -1.33. The Morgan fingerprint density at radius 3 is 3.09 bits per heavy atom. The molecule has 0 amide bonds. The molecule has 0 aliphatic carbocycles. The number of benzene rings is 1. The van der Waals surface area contributed by atoms with Gasteiger partial charge in [0.05, 0.1) is 0 Å². The predicted octanol–water partition coefficient (Wildman–Crippen LogP) is 0.970. The molecule has 2 heteroatoms. The summed E-state index contributed by atoms with van der Waals surface area (Å²) in [5, 5.41) is 8.32. The first-order chi connectivity index (χ1) is 5.33. The van der Waals surface area contributed by atoms with E-state index in [4.69, 9.17) is 5.11 Å². The zero-order valence-corrected chi connectivity index (χ0v) is 5.76. The van der Waals surface area contributed by atoms with Gasteiger partial charge in [0.1, 0.15) is 12.4 Å². The number of hydrogen-bond donors (Lipinski definition) is 1. The Kier molecular flexibility index (Phi) is 2.65. The highest BCUT2D eigenvalue weighted by atomic mass is 19.1. The van der Waals surface area contributed by atoms with Crippen molar-refractivity contribution >= 4 is 0 Å². The third-order valence-electron chi connectivity index (χ3n) is 1.08. The second-order valence-electron chi connectivity index (χ2n) is 1.89. The van der Waals surface area contributed by atoms with Gasteiger partial charge in [-0.2, -0.15) is 0 Å². The average Bonchev–Trinajstić information content (AvgIpc) is 2.01. The highest BCUT2D eigenvalue weighted by Crippen LogP contribution is 1.99. The number of rotatable bonds is 0. The molecule has 55 valence electrons. The summed E-state index contributed by atoms with van der Waals surface area (Å²) >= 11 is 0. The van der Waals surface area contributed by atoms with E-state index in [1.165, 1.54) is 12.1 Å². The number of hydrogen-bond acceptors (Lipinski definition) is 1. The van der Waals surface area contributed by atoms with Crippen molar-refractivity contribution in [2.75, 3.05) is 6.61 Å². The fourth-order valence-electron chi connectivity index (χ4n) is 0.657. The molecule has 0 aliphatic heterocycles. The van der Waals surface area contributed by atoms with Crippen molar-refractivity contribution < 1.29 is 9.50 Å². The van der Waals surface area contributed by atoms with Crippen LogP contribution in [0.4, 0.5) is 4.39 Å². The van der Waals surface area contributed by atoms with Crippen LogP contribution >= 0.6 is 0 Å². The first-order valence-electron chi connectivity index (χ1n) is 3.10. The maximum atomic E-state index is 12.4. The highest BCUT2D eigenvalue weighted by molar-refractivity contribution is 5.33. The average molecular weight is 149 g/mol. The molecule has 1 aromatic rings. The van der Waals surface area contributed by atoms with Crippen LogP contribution in [0, 0.1) is 23.7 Å². The molecule has 1 aromatic carbocycles. The Morgan fingerprint density at radius 1 is 1.64 bits per heavy atom. The van der Waals surface area contributed by atoms with Crippen molar-refractivity contribution in [1.29, 1.82) is 0 Å².